The Morgan fingerprint density at radius 1 is 1.39 bits per heavy atom. The molecule has 1 aromatic carbocycles. The van der Waals surface area contributed by atoms with E-state index in [9.17, 15) is 5.26 Å². The number of H-pyrrole nitrogens is 1. The van der Waals surface area contributed by atoms with E-state index < -0.39 is 0 Å². The van der Waals surface area contributed by atoms with Crippen molar-refractivity contribution in [1.82, 2.24) is 15.1 Å². The van der Waals surface area contributed by atoms with Gasteiger partial charge in [0.05, 0.1) is 26.2 Å². The maximum Gasteiger partial charge on any atom is 0.244 e. The Hall–Kier alpha value is -3.02. The van der Waals surface area contributed by atoms with Crippen LogP contribution in [0.3, 0.4) is 0 Å². The smallest absolute Gasteiger partial charge is 0.244 e. The SMILES string of the molecule is COc1ccc(C2C(C#N)=C(N)Oc3n[nH]c(C)c32)cc1CN1CCOCC1. The largest absolute Gasteiger partial charge is 0.496 e. The van der Waals surface area contributed by atoms with Crippen LogP contribution in [-0.4, -0.2) is 48.5 Å². The van der Waals surface area contributed by atoms with Crippen LogP contribution in [0.2, 0.25) is 0 Å². The number of morpholine rings is 1. The Labute approximate surface area is 163 Å². The minimum Gasteiger partial charge on any atom is -0.496 e. The molecule has 8 nitrogen and oxygen atoms in total. The van der Waals surface area contributed by atoms with Gasteiger partial charge in [-0.25, -0.2) is 0 Å². The second kappa shape index (κ2) is 7.54. The van der Waals surface area contributed by atoms with Gasteiger partial charge in [0.15, 0.2) is 0 Å². The number of aromatic nitrogens is 2. The van der Waals surface area contributed by atoms with Crippen LogP contribution in [0.5, 0.6) is 11.6 Å². The molecule has 1 saturated heterocycles. The molecule has 1 unspecified atom stereocenters. The number of nitriles is 1. The van der Waals surface area contributed by atoms with E-state index in [1.165, 1.54) is 0 Å². The minimum absolute atomic E-state index is 0.0945. The highest BCUT2D eigenvalue weighted by molar-refractivity contribution is 5.56. The molecule has 3 heterocycles. The van der Waals surface area contributed by atoms with E-state index in [1.54, 1.807) is 7.11 Å². The third kappa shape index (κ3) is 3.19. The van der Waals surface area contributed by atoms with Crippen molar-refractivity contribution >= 4 is 0 Å². The van der Waals surface area contributed by atoms with Gasteiger partial charge < -0.3 is 19.9 Å². The Kier molecular flexibility index (Phi) is 4.94. The normalized spacial score (nSPS) is 19.7. The summed E-state index contributed by atoms with van der Waals surface area (Å²) in [5.74, 6) is 1.00. The Morgan fingerprint density at radius 3 is 2.89 bits per heavy atom. The van der Waals surface area contributed by atoms with E-state index in [0.717, 1.165) is 61.0 Å². The standard InChI is InChI=1S/C20H23N5O3/c1-12-17-18(15(10-21)19(22)28-20(17)24-23-12)13-3-4-16(26-2)14(9-13)11-25-5-7-27-8-6-25/h3-4,9,18H,5-8,11,22H2,1-2H3,(H,23,24). The summed E-state index contributed by atoms with van der Waals surface area (Å²) < 4.78 is 16.6. The van der Waals surface area contributed by atoms with Gasteiger partial charge in [-0.15, -0.1) is 5.10 Å². The first kappa shape index (κ1) is 18.3. The molecule has 0 spiro atoms. The average molecular weight is 381 g/mol. The van der Waals surface area contributed by atoms with E-state index in [0.29, 0.717) is 11.5 Å². The van der Waals surface area contributed by atoms with Gasteiger partial charge in [0.2, 0.25) is 11.8 Å². The summed E-state index contributed by atoms with van der Waals surface area (Å²) in [6.07, 6.45) is 0. The predicted octanol–water partition coefficient (Wildman–Crippen LogP) is 1.78. The number of hydrogen-bond acceptors (Lipinski definition) is 7. The maximum atomic E-state index is 9.73. The number of hydrogen-bond donors (Lipinski definition) is 2. The predicted molar refractivity (Wildman–Crippen MR) is 102 cm³/mol. The van der Waals surface area contributed by atoms with Crippen LogP contribution in [0.1, 0.15) is 28.3 Å². The van der Waals surface area contributed by atoms with Crippen molar-refractivity contribution in [2.45, 2.75) is 19.4 Å². The van der Waals surface area contributed by atoms with Gasteiger partial charge in [-0.3, -0.25) is 10.00 Å². The highest BCUT2D eigenvalue weighted by Crippen LogP contribution is 2.43. The monoisotopic (exact) mass is 381 g/mol. The van der Waals surface area contributed by atoms with Crippen LogP contribution < -0.4 is 15.2 Å². The lowest BCUT2D eigenvalue weighted by molar-refractivity contribution is 0.0339. The molecular weight excluding hydrogens is 358 g/mol. The molecule has 1 atom stereocenters. The molecule has 2 aromatic rings. The summed E-state index contributed by atoms with van der Waals surface area (Å²) in [5, 5.41) is 16.8. The number of nitrogens with zero attached hydrogens (tertiary/aromatic N) is 3. The fourth-order valence-corrected chi connectivity index (χ4v) is 3.83. The number of aromatic amines is 1. The molecule has 4 rings (SSSR count). The number of nitrogens with one attached hydrogen (secondary N) is 1. The van der Waals surface area contributed by atoms with Crippen LogP contribution in [0.15, 0.2) is 29.7 Å². The number of methoxy groups -OCH3 is 1. The number of fused-ring (bicyclic) bond motifs is 1. The van der Waals surface area contributed by atoms with Crippen LogP contribution in [0, 0.1) is 18.3 Å². The zero-order chi connectivity index (χ0) is 19.7. The molecule has 0 amide bonds. The van der Waals surface area contributed by atoms with Gasteiger partial charge in [0, 0.05) is 36.5 Å². The first-order chi connectivity index (χ1) is 13.6. The lowest BCUT2D eigenvalue weighted by atomic mass is 9.83. The number of rotatable bonds is 4. The van der Waals surface area contributed by atoms with Crippen molar-refractivity contribution in [3.05, 3.63) is 52.0 Å². The van der Waals surface area contributed by atoms with Gasteiger partial charge >= 0.3 is 0 Å². The molecule has 2 aliphatic heterocycles. The molecule has 0 saturated carbocycles. The summed E-state index contributed by atoms with van der Waals surface area (Å²) in [7, 11) is 1.67. The highest BCUT2D eigenvalue weighted by atomic mass is 16.5. The van der Waals surface area contributed by atoms with E-state index in [1.807, 2.05) is 19.1 Å². The number of nitrogens with two attached hydrogens (primary N) is 1. The van der Waals surface area contributed by atoms with Crippen LogP contribution in [-0.2, 0) is 11.3 Å². The Bertz CT molecular complexity index is 953. The van der Waals surface area contributed by atoms with Crippen molar-refractivity contribution < 1.29 is 14.2 Å². The molecule has 1 aromatic heterocycles. The van der Waals surface area contributed by atoms with Crippen molar-refractivity contribution in [3.8, 4) is 17.7 Å². The molecule has 146 valence electrons. The van der Waals surface area contributed by atoms with Gasteiger partial charge in [0.1, 0.15) is 17.4 Å². The van der Waals surface area contributed by atoms with Gasteiger partial charge in [0.25, 0.3) is 0 Å². The van der Waals surface area contributed by atoms with E-state index in [2.05, 4.69) is 27.2 Å². The quantitative estimate of drug-likeness (QED) is 0.831. The third-order valence-electron chi connectivity index (χ3n) is 5.26. The van der Waals surface area contributed by atoms with Crippen molar-refractivity contribution in [2.75, 3.05) is 33.4 Å². The first-order valence-electron chi connectivity index (χ1n) is 9.21. The minimum atomic E-state index is -0.332. The molecule has 8 heteroatoms. The number of allylic oxidation sites excluding steroid dienone is 1. The van der Waals surface area contributed by atoms with Gasteiger partial charge in [-0.2, -0.15) is 5.26 Å². The maximum absolute atomic E-state index is 9.73. The lowest BCUT2D eigenvalue weighted by Crippen LogP contribution is -2.35. The number of benzene rings is 1. The molecule has 1 fully saturated rings. The molecule has 0 radical (unpaired) electrons. The second-order valence-corrected chi connectivity index (χ2v) is 6.95. The average Bonchev–Trinajstić information content (AvgIpc) is 3.08. The summed E-state index contributed by atoms with van der Waals surface area (Å²) >= 11 is 0. The Morgan fingerprint density at radius 2 is 2.18 bits per heavy atom. The van der Waals surface area contributed by atoms with Crippen LogP contribution >= 0.6 is 0 Å². The van der Waals surface area contributed by atoms with Crippen LogP contribution in [0.4, 0.5) is 0 Å². The molecule has 0 bridgehead atoms. The molecule has 28 heavy (non-hydrogen) atoms. The van der Waals surface area contributed by atoms with Crippen molar-refractivity contribution in [1.29, 1.82) is 5.26 Å². The molecular formula is C20H23N5O3. The second-order valence-electron chi connectivity index (χ2n) is 6.95. The molecule has 0 aliphatic carbocycles. The van der Waals surface area contributed by atoms with Gasteiger partial charge in [-0.1, -0.05) is 6.07 Å². The lowest BCUT2D eigenvalue weighted by Gasteiger charge is -2.28. The summed E-state index contributed by atoms with van der Waals surface area (Å²) in [6, 6.07) is 8.22. The fraction of sp³-hybridized carbons (Fsp3) is 0.400. The van der Waals surface area contributed by atoms with Crippen molar-refractivity contribution in [2.24, 2.45) is 5.73 Å². The summed E-state index contributed by atoms with van der Waals surface area (Å²) in [5.41, 5.74) is 10.1. The van der Waals surface area contributed by atoms with Crippen molar-refractivity contribution in [3.63, 3.8) is 0 Å². The summed E-state index contributed by atoms with van der Waals surface area (Å²) in [6.45, 7) is 5.89. The molecule has 3 N–H and O–H groups in total. The third-order valence-corrected chi connectivity index (χ3v) is 5.26. The van der Waals surface area contributed by atoms with E-state index in [-0.39, 0.29) is 11.8 Å². The van der Waals surface area contributed by atoms with E-state index >= 15 is 0 Å². The summed E-state index contributed by atoms with van der Waals surface area (Å²) in [4.78, 5) is 2.33. The first-order valence-corrected chi connectivity index (χ1v) is 9.21. The fourth-order valence-electron chi connectivity index (χ4n) is 3.83. The van der Waals surface area contributed by atoms with Crippen LogP contribution in [0.25, 0.3) is 0 Å². The van der Waals surface area contributed by atoms with E-state index in [4.69, 9.17) is 19.9 Å². The zero-order valence-electron chi connectivity index (χ0n) is 16.0. The Balaban J connectivity index is 1.77. The zero-order valence-corrected chi connectivity index (χ0v) is 16.0. The number of ether oxygens (including phenoxy) is 3. The topological polar surface area (TPSA) is 109 Å². The van der Waals surface area contributed by atoms with Gasteiger partial charge in [-0.05, 0) is 24.6 Å². The number of aryl methyl sites for hydroxylation is 1. The highest BCUT2D eigenvalue weighted by Gasteiger charge is 2.34. The molecule has 2 aliphatic rings.